The Hall–Kier alpha value is -1.12. The Bertz CT molecular complexity index is 624. The molecule has 0 atom stereocenters. The molecule has 0 saturated heterocycles. The van der Waals surface area contributed by atoms with Crippen molar-refractivity contribution in [3.8, 4) is 0 Å². The summed E-state index contributed by atoms with van der Waals surface area (Å²) in [4.78, 5) is 0.383. The molecule has 2 aromatic rings. The van der Waals surface area contributed by atoms with E-state index in [4.69, 9.17) is 0 Å². The van der Waals surface area contributed by atoms with E-state index in [2.05, 4.69) is 4.72 Å². The van der Waals surface area contributed by atoms with Crippen LogP contribution in [0.1, 0.15) is 0 Å². The van der Waals surface area contributed by atoms with Crippen molar-refractivity contribution in [1.82, 2.24) is 0 Å². The highest BCUT2D eigenvalue weighted by Gasteiger charge is 2.15. The van der Waals surface area contributed by atoms with Crippen LogP contribution < -0.4 is 4.72 Å². The number of hydrogen-bond donors (Lipinski definition) is 1. The van der Waals surface area contributed by atoms with E-state index in [1.807, 2.05) is 0 Å². The zero-order valence-electron chi connectivity index (χ0n) is 9.42. The van der Waals surface area contributed by atoms with Gasteiger partial charge in [-0.3, -0.25) is 4.72 Å². The fraction of sp³-hybridized carbons (Fsp3) is 0.0909. The maximum Gasteiger partial charge on any atom is 0.288 e. The van der Waals surface area contributed by atoms with Crippen LogP contribution in [-0.2, 0) is 10.0 Å². The molecule has 102 valence electrons. The second-order valence-electron chi connectivity index (χ2n) is 3.44. The van der Waals surface area contributed by atoms with Crippen molar-refractivity contribution < 1.29 is 17.2 Å². The largest absolute Gasteiger partial charge is 0.288 e. The molecule has 0 unspecified atom stereocenters. The number of hydrogen-bond acceptors (Lipinski definition) is 4. The molecule has 1 aromatic carbocycles. The maximum absolute atomic E-state index is 12.1. The lowest BCUT2D eigenvalue weighted by Crippen LogP contribution is -2.11. The van der Waals surface area contributed by atoms with Crippen molar-refractivity contribution in [1.29, 1.82) is 0 Å². The topological polar surface area (TPSA) is 46.2 Å². The number of nitrogens with one attached hydrogen (secondary N) is 1. The van der Waals surface area contributed by atoms with E-state index in [-0.39, 0.29) is 4.21 Å². The first-order chi connectivity index (χ1) is 8.97. The first-order valence-electron chi connectivity index (χ1n) is 5.08. The highest BCUT2D eigenvalue weighted by atomic mass is 32.2. The van der Waals surface area contributed by atoms with Crippen molar-refractivity contribution in [3.63, 3.8) is 0 Å². The second kappa shape index (κ2) is 5.89. The zero-order valence-corrected chi connectivity index (χ0v) is 11.9. The van der Waals surface area contributed by atoms with Gasteiger partial charge in [-0.25, -0.2) is 8.42 Å². The minimum Gasteiger partial charge on any atom is -0.279 e. The van der Waals surface area contributed by atoms with Gasteiger partial charge in [0, 0.05) is 10.6 Å². The molecular weight excluding hydrogens is 312 g/mol. The minimum atomic E-state index is -3.59. The van der Waals surface area contributed by atoms with E-state index < -0.39 is 15.8 Å². The van der Waals surface area contributed by atoms with Crippen LogP contribution in [0, 0.1) is 0 Å². The third-order valence-corrected chi connectivity index (χ3v) is 5.59. The van der Waals surface area contributed by atoms with Gasteiger partial charge in [0.15, 0.2) is 0 Å². The lowest BCUT2D eigenvalue weighted by atomic mass is 10.3. The molecule has 0 aliphatic rings. The number of halogens is 2. The van der Waals surface area contributed by atoms with Crippen LogP contribution in [0.2, 0.25) is 0 Å². The van der Waals surface area contributed by atoms with Gasteiger partial charge in [0.05, 0.1) is 0 Å². The van der Waals surface area contributed by atoms with E-state index in [0.717, 1.165) is 11.3 Å². The summed E-state index contributed by atoms with van der Waals surface area (Å²) in [7, 11) is -3.59. The average Bonchev–Trinajstić information content (AvgIpc) is 2.85. The molecule has 3 nitrogen and oxygen atoms in total. The second-order valence-corrected chi connectivity index (χ2v) is 7.36. The predicted molar refractivity (Wildman–Crippen MR) is 73.4 cm³/mol. The summed E-state index contributed by atoms with van der Waals surface area (Å²) >= 11 is 1.52. The number of sulfonamides is 1. The Kier molecular flexibility index (Phi) is 4.43. The van der Waals surface area contributed by atoms with Gasteiger partial charge in [-0.15, -0.1) is 11.3 Å². The molecule has 0 bridgehead atoms. The lowest BCUT2D eigenvalue weighted by Gasteiger charge is -2.07. The Morgan fingerprint density at radius 1 is 1.16 bits per heavy atom. The van der Waals surface area contributed by atoms with Crippen LogP contribution in [0.25, 0.3) is 0 Å². The molecule has 1 aromatic heterocycles. The fourth-order valence-electron chi connectivity index (χ4n) is 1.33. The molecule has 2 rings (SSSR count). The summed E-state index contributed by atoms with van der Waals surface area (Å²) in [5, 5.41) is 1.66. The van der Waals surface area contributed by atoms with Gasteiger partial charge in [-0.1, -0.05) is 17.8 Å². The van der Waals surface area contributed by atoms with Crippen LogP contribution in [-0.4, -0.2) is 14.2 Å². The number of anilines is 1. The SMILES string of the molecule is O=S(=O)(Nc1ccc(SC(F)F)cc1)c1cccs1. The lowest BCUT2D eigenvalue weighted by molar-refractivity contribution is 0.252. The first-order valence-corrected chi connectivity index (χ1v) is 8.33. The Morgan fingerprint density at radius 2 is 1.84 bits per heavy atom. The van der Waals surface area contributed by atoms with E-state index in [9.17, 15) is 17.2 Å². The fourth-order valence-corrected chi connectivity index (χ4v) is 3.88. The van der Waals surface area contributed by atoms with Gasteiger partial charge in [0.1, 0.15) is 4.21 Å². The molecule has 0 aliphatic carbocycles. The van der Waals surface area contributed by atoms with Crippen LogP contribution in [0.15, 0.2) is 50.9 Å². The quantitative estimate of drug-likeness (QED) is 0.851. The number of rotatable bonds is 5. The molecule has 0 aliphatic heterocycles. The molecule has 1 N–H and O–H groups in total. The number of benzene rings is 1. The highest BCUT2D eigenvalue weighted by Crippen LogP contribution is 2.27. The standard InChI is InChI=1S/C11H9F2NO2S3/c12-11(13)18-9-5-3-8(4-6-9)14-19(15,16)10-2-1-7-17-10/h1-7,11,14H. The van der Waals surface area contributed by atoms with Gasteiger partial charge in [0.2, 0.25) is 0 Å². The molecule has 19 heavy (non-hydrogen) atoms. The van der Waals surface area contributed by atoms with E-state index in [0.29, 0.717) is 22.3 Å². The summed E-state index contributed by atoms with van der Waals surface area (Å²) in [6.07, 6.45) is 0. The van der Waals surface area contributed by atoms with Crippen LogP contribution in [0.5, 0.6) is 0 Å². The normalized spacial score (nSPS) is 11.7. The van der Waals surface area contributed by atoms with E-state index in [1.54, 1.807) is 11.4 Å². The van der Waals surface area contributed by atoms with Crippen molar-refractivity contribution in [2.75, 3.05) is 4.72 Å². The summed E-state index contributed by atoms with van der Waals surface area (Å²) < 4.78 is 50.7. The van der Waals surface area contributed by atoms with Crippen LogP contribution in [0.4, 0.5) is 14.5 Å². The van der Waals surface area contributed by atoms with Gasteiger partial charge in [-0.05, 0) is 35.7 Å². The number of thioether (sulfide) groups is 1. The Labute approximate surface area is 117 Å². The Balaban J connectivity index is 2.12. The van der Waals surface area contributed by atoms with E-state index >= 15 is 0 Å². The van der Waals surface area contributed by atoms with Gasteiger partial charge >= 0.3 is 0 Å². The molecule has 0 radical (unpaired) electrons. The summed E-state index contributed by atoms with van der Waals surface area (Å²) in [5.41, 5.74) is 0.340. The zero-order chi connectivity index (χ0) is 13.9. The smallest absolute Gasteiger partial charge is 0.279 e. The third kappa shape index (κ3) is 3.92. The summed E-state index contributed by atoms with van der Waals surface area (Å²) in [6.45, 7) is 0. The van der Waals surface area contributed by atoms with Gasteiger partial charge < -0.3 is 0 Å². The minimum absolute atomic E-state index is 0.207. The predicted octanol–water partition coefficient (Wildman–Crippen LogP) is 3.86. The molecule has 8 heteroatoms. The molecule has 0 fully saturated rings. The third-order valence-electron chi connectivity index (χ3n) is 2.09. The molecule has 0 amide bonds. The van der Waals surface area contributed by atoms with Crippen LogP contribution in [0.3, 0.4) is 0 Å². The molecule has 1 heterocycles. The monoisotopic (exact) mass is 321 g/mol. The average molecular weight is 321 g/mol. The van der Waals surface area contributed by atoms with Crippen molar-refractivity contribution in [3.05, 3.63) is 41.8 Å². The van der Waals surface area contributed by atoms with Crippen molar-refractivity contribution in [2.45, 2.75) is 14.9 Å². The van der Waals surface area contributed by atoms with E-state index in [1.165, 1.54) is 30.3 Å². The van der Waals surface area contributed by atoms with Crippen molar-refractivity contribution >= 4 is 38.8 Å². The Morgan fingerprint density at radius 3 is 2.37 bits per heavy atom. The molecule has 0 saturated carbocycles. The highest BCUT2D eigenvalue weighted by molar-refractivity contribution is 7.99. The number of thiophene rings is 1. The molecular formula is C11H9F2NO2S3. The van der Waals surface area contributed by atoms with Crippen LogP contribution >= 0.6 is 23.1 Å². The van der Waals surface area contributed by atoms with Gasteiger partial charge in [-0.2, -0.15) is 8.78 Å². The summed E-state index contributed by atoms with van der Waals surface area (Å²) in [5.74, 6) is -2.49. The summed E-state index contributed by atoms with van der Waals surface area (Å²) in [6, 6.07) is 8.94. The van der Waals surface area contributed by atoms with Gasteiger partial charge in [0.25, 0.3) is 15.8 Å². The maximum atomic E-state index is 12.1. The molecule has 0 spiro atoms. The number of alkyl halides is 2. The first kappa shape index (κ1) is 14.3. The van der Waals surface area contributed by atoms with Crippen molar-refractivity contribution in [2.24, 2.45) is 0 Å².